The Morgan fingerprint density at radius 2 is 1.72 bits per heavy atom. The predicted molar refractivity (Wildman–Crippen MR) is 106 cm³/mol. The topological polar surface area (TPSA) is 49.8 Å². The van der Waals surface area contributed by atoms with Gasteiger partial charge in [0.05, 0.1) is 0 Å². The molecular weight excluding hydrogens is 308 g/mol. The number of anilines is 3. The van der Waals surface area contributed by atoms with Gasteiger partial charge in [-0.1, -0.05) is 58.2 Å². The molecule has 0 unspecified atom stereocenters. The van der Waals surface area contributed by atoms with E-state index in [0.29, 0.717) is 6.04 Å². The number of benzene rings is 1. The molecular formula is C21H30N4. The Balaban J connectivity index is 1.81. The van der Waals surface area contributed by atoms with E-state index >= 15 is 0 Å². The number of para-hydroxylation sites is 1. The SMILES string of the molecule is Cc1cc(Nc2ccccc2C(C)(C)C)nc(NC2CCCCC2)n1. The number of aryl methyl sites for hydroxylation is 1. The zero-order valence-corrected chi connectivity index (χ0v) is 15.9. The smallest absolute Gasteiger partial charge is 0.225 e. The van der Waals surface area contributed by atoms with E-state index < -0.39 is 0 Å². The van der Waals surface area contributed by atoms with Crippen molar-refractivity contribution in [1.29, 1.82) is 0 Å². The third kappa shape index (κ3) is 4.71. The van der Waals surface area contributed by atoms with Crippen LogP contribution in [0.3, 0.4) is 0 Å². The van der Waals surface area contributed by atoms with Gasteiger partial charge in [0.15, 0.2) is 0 Å². The summed E-state index contributed by atoms with van der Waals surface area (Å²) >= 11 is 0. The van der Waals surface area contributed by atoms with Gasteiger partial charge in [-0.05, 0) is 36.8 Å². The molecule has 1 aromatic carbocycles. The van der Waals surface area contributed by atoms with Crippen LogP contribution in [-0.4, -0.2) is 16.0 Å². The van der Waals surface area contributed by atoms with Gasteiger partial charge in [-0.15, -0.1) is 0 Å². The highest BCUT2D eigenvalue weighted by Gasteiger charge is 2.18. The number of hydrogen-bond acceptors (Lipinski definition) is 4. The largest absolute Gasteiger partial charge is 0.351 e. The Morgan fingerprint density at radius 3 is 2.44 bits per heavy atom. The van der Waals surface area contributed by atoms with E-state index in [9.17, 15) is 0 Å². The first-order valence-corrected chi connectivity index (χ1v) is 9.40. The van der Waals surface area contributed by atoms with E-state index in [-0.39, 0.29) is 5.41 Å². The summed E-state index contributed by atoms with van der Waals surface area (Å²) in [6, 6.07) is 11.0. The van der Waals surface area contributed by atoms with Crippen molar-refractivity contribution in [2.45, 2.75) is 71.3 Å². The molecule has 2 N–H and O–H groups in total. The minimum Gasteiger partial charge on any atom is -0.351 e. The van der Waals surface area contributed by atoms with Crippen LogP contribution in [0.15, 0.2) is 30.3 Å². The highest BCUT2D eigenvalue weighted by atomic mass is 15.2. The predicted octanol–water partition coefficient (Wildman–Crippen LogP) is 5.57. The molecule has 134 valence electrons. The second-order valence-corrected chi connectivity index (χ2v) is 8.12. The molecule has 25 heavy (non-hydrogen) atoms. The summed E-state index contributed by atoms with van der Waals surface area (Å²) < 4.78 is 0. The van der Waals surface area contributed by atoms with E-state index in [1.807, 2.05) is 13.0 Å². The van der Waals surface area contributed by atoms with Crippen LogP contribution >= 0.6 is 0 Å². The minimum absolute atomic E-state index is 0.0782. The lowest BCUT2D eigenvalue weighted by molar-refractivity contribution is 0.461. The van der Waals surface area contributed by atoms with Crippen molar-refractivity contribution < 1.29 is 0 Å². The molecule has 3 rings (SSSR count). The standard InChI is InChI=1S/C21H30N4/c1-15-14-19(24-18-13-9-8-12-17(18)21(2,3)4)25-20(22-15)23-16-10-6-5-7-11-16/h8-9,12-14,16H,5-7,10-11H2,1-4H3,(H2,22,23,24,25). The monoisotopic (exact) mass is 338 g/mol. The fourth-order valence-electron chi connectivity index (χ4n) is 3.51. The van der Waals surface area contributed by atoms with E-state index in [1.165, 1.54) is 37.7 Å². The zero-order chi connectivity index (χ0) is 17.9. The van der Waals surface area contributed by atoms with Crippen LogP contribution in [0.2, 0.25) is 0 Å². The van der Waals surface area contributed by atoms with Gasteiger partial charge in [-0.3, -0.25) is 0 Å². The van der Waals surface area contributed by atoms with Crippen LogP contribution in [0.5, 0.6) is 0 Å². The first kappa shape index (κ1) is 17.7. The van der Waals surface area contributed by atoms with E-state index in [4.69, 9.17) is 4.98 Å². The minimum atomic E-state index is 0.0782. The lowest BCUT2D eigenvalue weighted by Gasteiger charge is -2.24. The summed E-state index contributed by atoms with van der Waals surface area (Å²) in [7, 11) is 0. The lowest BCUT2D eigenvalue weighted by atomic mass is 9.86. The van der Waals surface area contributed by atoms with Crippen LogP contribution in [0.25, 0.3) is 0 Å². The maximum Gasteiger partial charge on any atom is 0.225 e. The molecule has 4 heteroatoms. The molecule has 0 radical (unpaired) electrons. The molecule has 0 aliphatic heterocycles. The number of nitrogens with one attached hydrogen (secondary N) is 2. The van der Waals surface area contributed by atoms with E-state index in [2.05, 4.69) is 60.7 Å². The Kier molecular flexibility index (Phi) is 5.26. The molecule has 4 nitrogen and oxygen atoms in total. The molecule has 0 saturated heterocycles. The van der Waals surface area contributed by atoms with Gasteiger partial charge >= 0.3 is 0 Å². The molecule has 0 atom stereocenters. The summed E-state index contributed by atoms with van der Waals surface area (Å²) in [5.74, 6) is 1.59. The molecule has 1 fully saturated rings. The second-order valence-electron chi connectivity index (χ2n) is 8.12. The van der Waals surface area contributed by atoms with Crippen molar-refractivity contribution in [2.75, 3.05) is 10.6 Å². The first-order chi connectivity index (χ1) is 11.9. The Labute approximate surface area is 151 Å². The van der Waals surface area contributed by atoms with Gasteiger partial charge in [0.2, 0.25) is 5.95 Å². The van der Waals surface area contributed by atoms with Crippen molar-refractivity contribution in [3.8, 4) is 0 Å². The quantitative estimate of drug-likeness (QED) is 0.765. The van der Waals surface area contributed by atoms with Crippen LogP contribution in [-0.2, 0) is 5.41 Å². The van der Waals surface area contributed by atoms with Crippen LogP contribution in [0.4, 0.5) is 17.5 Å². The molecule has 1 aliphatic rings. The molecule has 0 bridgehead atoms. The summed E-state index contributed by atoms with van der Waals surface area (Å²) in [6.45, 7) is 8.72. The van der Waals surface area contributed by atoms with Crippen LogP contribution in [0.1, 0.15) is 64.1 Å². The van der Waals surface area contributed by atoms with E-state index in [1.54, 1.807) is 0 Å². The van der Waals surface area contributed by atoms with Gasteiger partial charge in [0.1, 0.15) is 5.82 Å². The lowest BCUT2D eigenvalue weighted by Crippen LogP contribution is -2.23. The molecule has 1 aliphatic carbocycles. The molecule has 2 aromatic rings. The molecule has 0 amide bonds. The third-order valence-corrected chi connectivity index (χ3v) is 4.79. The second kappa shape index (κ2) is 7.42. The highest BCUT2D eigenvalue weighted by Crippen LogP contribution is 2.31. The van der Waals surface area contributed by atoms with Gasteiger partial charge in [0, 0.05) is 23.5 Å². The molecule has 1 saturated carbocycles. The summed E-state index contributed by atoms with van der Waals surface area (Å²) in [6.07, 6.45) is 6.38. The molecule has 1 aromatic heterocycles. The van der Waals surface area contributed by atoms with Crippen molar-refractivity contribution in [1.82, 2.24) is 9.97 Å². The molecule has 1 heterocycles. The highest BCUT2D eigenvalue weighted by molar-refractivity contribution is 5.63. The number of hydrogen-bond donors (Lipinski definition) is 2. The average Bonchev–Trinajstić information content (AvgIpc) is 2.55. The number of rotatable bonds is 4. The summed E-state index contributed by atoms with van der Waals surface area (Å²) in [4.78, 5) is 9.29. The maximum atomic E-state index is 4.71. The fourth-order valence-corrected chi connectivity index (χ4v) is 3.51. The van der Waals surface area contributed by atoms with Crippen molar-refractivity contribution in [3.63, 3.8) is 0 Å². The Morgan fingerprint density at radius 1 is 1.00 bits per heavy atom. The average molecular weight is 338 g/mol. The van der Waals surface area contributed by atoms with Crippen molar-refractivity contribution in [3.05, 3.63) is 41.6 Å². The van der Waals surface area contributed by atoms with Crippen molar-refractivity contribution >= 4 is 17.5 Å². The van der Waals surface area contributed by atoms with Crippen molar-refractivity contribution in [2.24, 2.45) is 0 Å². The maximum absolute atomic E-state index is 4.71. The normalized spacial score (nSPS) is 15.8. The van der Waals surface area contributed by atoms with Crippen LogP contribution in [0, 0.1) is 6.92 Å². The Bertz CT molecular complexity index is 712. The number of nitrogens with zero attached hydrogens (tertiary/aromatic N) is 2. The van der Waals surface area contributed by atoms with Crippen LogP contribution < -0.4 is 10.6 Å². The first-order valence-electron chi connectivity index (χ1n) is 9.40. The van der Waals surface area contributed by atoms with Gasteiger partial charge < -0.3 is 10.6 Å². The van der Waals surface area contributed by atoms with E-state index in [0.717, 1.165) is 23.1 Å². The van der Waals surface area contributed by atoms with Gasteiger partial charge in [0.25, 0.3) is 0 Å². The Hall–Kier alpha value is -2.10. The zero-order valence-electron chi connectivity index (χ0n) is 15.9. The van der Waals surface area contributed by atoms with Gasteiger partial charge in [-0.25, -0.2) is 4.98 Å². The third-order valence-electron chi connectivity index (χ3n) is 4.79. The summed E-state index contributed by atoms with van der Waals surface area (Å²) in [5, 5.41) is 7.04. The number of aromatic nitrogens is 2. The van der Waals surface area contributed by atoms with Gasteiger partial charge in [-0.2, -0.15) is 4.98 Å². The fraction of sp³-hybridized carbons (Fsp3) is 0.524. The summed E-state index contributed by atoms with van der Waals surface area (Å²) in [5.41, 5.74) is 3.45. The molecule has 0 spiro atoms.